The molecule has 1 aliphatic heterocycles. The van der Waals surface area contributed by atoms with Gasteiger partial charge in [0, 0.05) is 26.2 Å². The van der Waals surface area contributed by atoms with Gasteiger partial charge >= 0.3 is 0 Å². The third-order valence-electron chi connectivity index (χ3n) is 4.16. The summed E-state index contributed by atoms with van der Waals surface area (Å²) < 4.78 is 5.36. The lowest BCUT2D eigenvalue weighted by Gasteiger charge is -2.26. The standard InChI is InChI=1S/C18H28N2O3/c1-14(2)17(21)11-18(22)19-12-15-4-3-5-16(10-15)13-20-6-8-23-9-7-20/h3-5,10,14,17,21H,6-9,11-13H2,1-2H3,(H,19,22). The van der Waals surface area contributed by atoms with E-state index in [1.165, 1.54) is 5.56 Å². The number of hydrogen-bond acceptors (Lipinski definition) is 4. The topological polar surface area (TPSA) is 61.8 Å². The molecule has 1 atom stereocenters. The number of aliphatic hydroxyl groups is 1. The largest absolute Gasteiger partial charge is 0.392 e. The number of aliphatic hydroxyl groups excluding tert-OH is 1. The van der Waals surface area contributed by atoms with Crippen molar-refractivity contribution in [3.05, 3.63) is 35.4 Å². The van der Waals surface area contributed by atoms with Crippen LogP contribution in [0.15, 0.2) is 24.3 Å². The third kappa shape index (κ3) is 6.29. The highest BCUT2D eigenvalue weighted by Crippen LogP contribution is 2.10. The summed E-state index contributed by atoms with van der Waals surface area (Å²) in [4.78, 5) is 14.2. The van der Waals surface area contributed by atoms with E-state index in [9.17, 15) is 9.90 Å². The highest BCUT2D eigenvalue weighted by molar-refractivity contribution is 5.76. The van der Waals surface area contributed by atoms with Crippen LogP contribution in [0.5, 0.6) is 0 Å². The molecule has 5 nitrogen and oxygen atoms in total. The van der Waals surface area contributed by atoms with Crippen molar-refractivity contribution in [1.82, 2.24) is 10.2 Å². The minimum atomic E-state index is -0.581. The molecule has 0 bridgehead atoms. The highest BCUT2D eigenvalue weighted by Gasteiger charge is 2.14. The van der Waals surface area contributed by atoms with Crippen LogP contribution in [-0.2, 0) is 22.6 Å². The summed E-state index contributed by atoms with van der Waals surface area (Å²) in [7, 11) is 0. The predicted octanol–water partition coefficient (Wildman–Crippen LogP) is 1.54. The second-order valence-electron chi connectivity index (χ2n) is 6.50. The van der Waals surface area contributed by atoms with Gasteiger partial charge in [-0.2, -0.15) is 0 Å². The number of rotatable bonds is 7. The highest BCUT2D eigenvalue weighted by atomic mass is 16.5. The number of morpholine rings is 1. The van der Waals surface area contributed by atoms with Gasteiger partial charge in [-0.25, -0.2) is 0 Å². The van der Waals surface area contributed by atoms with Crippen LogP contribution in [0.4, 0.5) is 0 Å². The van der Waals surface area contributed by atoms with Gasteiger partial charge in [-0.15, -0.1) is 0 Å². The molecule has 2 rings (SSSR count). The van der Waals surface area contributed by atoms with Gasteiger partial charge in [0.1, 0.15) is 0 Å². The number of hydrogen-bond donors (Lipinski definition) is 2. The number of benzene rings is 1. The van der Waals surface area contributed by atoms with Crippen LogP contribution in [0.3, 0.4) is 0 Å². The van der Waals surface area contributed by atoms with Gasteiger partial charge in [-0.1, -0.05) is 38.1 Å². The Balaban J connectivity index is 1.81. The Morgan fingerprint density at radius 3 is 2.70 bits per heavy atom. The van der Waals surface area contributed by atoms with Gasteiger partial charge in [-0.05, 0) is 17.0 Å². The SMILES string of the molecule is CC(C)C(O)CC(=O)NCc1cccc(CN2CCOCC2)c1. The molecule has 1 amide bonds. The predicted molar refractivity (Wildman–Crippen MR) is 89.8 cm³/mol. The van der Waals surface area contributed by atoms with Crippen molar-refractivity contribution in [3.63, 3.8) is 0 Å². The molecule has 1 unspecified atom stereocenters. The molecule has 1 aliphatic rings. The normalized spacial score (nSPS) is 17.2. The van der Waals surface area contributed by atoms with E-state index < -0.39 is 6.10 Å². The van der Waals surface area contributed by atoms with Crippen molar-refractivity contribution < 1.29 is 14.6 Å². The molecule has 23 heavy (non-hydrogen) atoms. The minimum absolute atomic E-state index is 0.0950. The van der Waals surface area contributed by atoms with Gasteiger partial charge < -0.3 is 15.2 Å². The fourth-order valence-electron chi connectivity index (χ4n) is 2.55. The smallest absolute Gasteiger partial charge is 0.222 e. The summed E-state index contributed by atoms with van der Waals surface area (Å²) in [5.41, 5.74) is 2.34. The van der Waals surface area contributed by atoms with E-state index in [2.05, 4.69) is 22.3 Å². The Bertz CT molecular complexity index is 499. The number of nitrogens with zero attached hydrogens (tertiary/aromatic N) is 1. The molecule has 1 aromatic carbocycles. The lowest BCUT2D eigenvalue weighted by atomic mass is 10.0. The third-order valence-corrected chi connectivity index (χ3v) is 4.16. The number of nitrogens with one attached hydrogen (secondary N) is 1. The van der Waals surface area contributed by atoms with Crippen LogP contribution in [0.25, 0.3) is 0 Å². The molecule has 0 spiro atoms. The van der Waals surface area contributed by atoms with E-state index in [-0.39, 0.29) is 18.2 Å². The summed E-state index contributed by atoms with van der Waals surface area (Å²) in [5, 5.41) is 12.6. The van der Waals surface area contributed by atoms with Crippen molar-refractivity contribution in [2.75, 3.05) is 26.3 Å². The van der Waals surface area contributed by atoms with Crippen LogP contribution >= 0.6 is 0 Å². The molecular formula is C18H28N2O3. The molecular weight excluding hydrogens is 292 g/mol. The molecule has 0 radical (unpaired) electrons. The Morgan fingerprint density at radius 2 is 2.00 bits per heavy atom. The lowest BCUT2D eigenvalue weighted by Crippen LogP contribution is -2.35. The van der Waals surface area contributed by atoms with Crippen LogP contribution in [0.2, 0.25) is 0 Å². The quantitative estimate of drug-likeness (QED) is 0.800. The second-order valence-corrected chi connectivity index (χ2v) is 6.50. The molecule has 1 fully saturated rings. The van der Waals surface area contributed by atoms with E-state index >= 15 is 0 Å². The summed E-state index contributed by atoms with van der Waals surface area (Å²) in [6.45, 7) is 8.77. The summed E-state index contributed by atoms with van der Waals surface area (Å²) >= 11 is 0. The average Bonchev–Trinajstić information content (AvgIpc) is 2.54. The average molecular weight is 320 g/mol. The molecule has 128 valence electrons. The van der Waals surface area contributed by atoms with Crippen molar-refractivity contribution in [3.8, 4) is 0 Å². The summed E-state index contributed by atoms with van der Waals surface area (Å²) in [6.07, 6.45) is -0.423. The van der Waals surface area contributed by atoms with Crippen molar-refractivity contribution >= 4 is 5.91 Å². The maximum Gasteiger partial charge on any atom is 0.222 e. The van der Waals surface area contributed by atoms with Gasteiger partial charge in [0.05, 0.1) is 25.7 Å². The molecule has 1 saturated heterocycles. The number of amides is 1. The van der Waals surface area contributed by atoms with Crippen LogP contribution in [0.1, 0.15) is 31.4 Å². The Morgan fingerprint density at radius 1 is 1.30 bits per heavy atom. The Labute approximate surface area is 138 Å². The van der Waals surface area contributed by atoms with Gasteiger partial charge in [0.2, 0.25) is 5.91 Å². The molecule has 1 aromatic rings. The zero-order valence-electron chi connectivity index (χ0n) is 14.1. The van der Waals surface area contributed by atoms with Crippen molar-refractivity contribution in [1.29, 1.82) is 0 Å². The molecule has 1 heterocycles. The van der Waals surface area contributed by atoms with E-state index in [1.807, 2.05) is 26.0 Å². The van der Waals surface area contributed by atoms with E-state index in [1.54, 1.807) is 0 Å². The number of ether oxygens (including phenoxy) is 1. The Kier molecular flexibility index (Phi) is 7.02. The fraction of sp³-hybridized carbons (Fsp3) is 0.611. The van der Waals surface area contributed by atoms with E-state index in [0.717, 1.165) is 38.4 Å². The van der Waals surface area contributed by atoms with Gasteiger partial charge in [-0.3, -0.25) is 9.69 Å². The molecule has 2 N–H and O–H groups in total. The first-order chi connectivity index (χ1) is 11.0. The van der Waals surface area contributed by atoms with Crippen LogP contribution < -0.4 is 5.32 Å². The lowest BCUT2D eigenvalue weighted by molar-refractivity contribution is -0.123. The summed E-state index contributed by atoms with van der Waals surface area (Å²) in [5.74, 6) is -0.0117. The second kappa shape index (κ2) is 9.01. The molecule has 5 heteroatoms. The van der Waals surface area contributed by atoms with Crippen LogP contribution in [-0.4, -0.2) is 48.3 Å². The zero-order chi connectivity index (χ0) is 16.7. The molecule has 0 aromatic heterocycles. The van der Waals surface area contributed by atoms with Crippen molar-refractivity contribution in [2.45, 2.75) is 39.5 Å². The zero-order valence-corrected chi connectivity index (χ0v) is 14.1. The first-order valence-corrected chi connectivity index (χ1v) is 8.37. The van der Waals surface area contributed by atoms with Crippen molar-refractivity contribution in [2.24, 2.45) is 5.92 Å². The number of carbonyl (C=O) groups excluding carboxylic acids is 1. The fourth-order valence-corrected chi connectivity index (χ4v) is 2.55. The molecule has 0 aliphatic carbocycles. The van der Waals surface area contributed by atoms with E-state index in [0.29, 0.717) is 6.54 Å². The molecule has 0 saturated carbocycles. The van der Waals surface area contributed by atoms with Crippen LogP contribution in [0, 0.1) is 5.92 Å². The monoisotopic (exact) mass is 320 g/mol. The first-order valence-electron chi connectivity index (χ1n) is 8.37. The summed E-state index contributed by atoms with van der Waals surface area (Å²) in [6, 6.07) is 8.29. The van der Waals surface area contributed by atoms with E-state index in [4.69, 9.17) is 4.74 Å². The number of carbonyl (C=O) groups is 1. The van der Waals surface area contributed by atoms with Gasteiger partial charge in [0.15, 0.2) is 0 Å². The first kappa shape index (κ1) is 17.9. The maximum atomic E-state index is 11.8. The maximum absolute atomic E-state index is 11.8. The minimum Gasteiger partial charge on any atom is -0.392 e. The van der Waals surface area contributed by atoms with Gasteiger partial charge in [0.25, 0.3) is 0 Å². The Hall–Kier alpha value is -1.43.